The molecule has 10 heteroatoms. The smallest absolute Gasteiger partial charge is 0.313 e. The number of aromatic amines is 1. The van der Waals surface area contributed by atoms with E-state index in [1.807, 2.05) is 43.3 Å². The lowest BCUT2D eigenvalue weighted by atomic mass is 10.0. The normalized spacial score (nSPS) is 10.6. The quantitative estimate of drug-likeness (QED) is 0.352. The van der Waals surface area contributed by atoms with Crippen LogP contribution >= 0.6 is 11.8 Å². The molecule has 2 aromatic carbocycles. The number of thioether (sulfide) groups is 1. The number of hydrogen-bond acceptors (Lipinski definition) is 7. The third-order valence-corrected chi connectivity index (χ3v) is 4.74. The second-order valence-corrected chi connectivity index (χ2v) is 7.10. The molecule has 9 nitrogen and oxygen atoms in total. The standard InChI is InChI=1S/C18H17N5O4S/c1-22(2)14-5-3-4-11(7-14)12-6-13(9-15(8-12)23(26)27)17-19-18(21-20-17)28-10-16(24)25/h3-9H,10H2,1-2H3,(H,24,25)(H,19,20,21). The number of non-ortho nitro benzene ring substituents is 1. The van der Waals surface area contributed by atoms with E-state index in [2.05, 4.69) is 15.2 Å². The molecule has 1 aromatic heterocycles. The SMILES string of the molecule is CN(C)c1cccc(-c2cc(-c3nnc(SCC(=O)O)[nH]3)cc([N+](=O)[O-])c2)c1. The van der Waals surface area contributed by atoms with E-state index in [0.717, 1.165) is 23.0 Å². The van der Waals surface area contributed by atoms with Crippen LogP contribution in [0.15, 0.2) is 47.6 Å². The minimum absolute atomic E-state index is 0.0705. The van der Waals surface area contributed by atoms with E-state index in [9.17, 15) is 14.9 Å². The third-order valence-electron chi connectivity index (χ3n) is 3.90. The molecule has 0 unspecified atom stereocenters. The minimum Gasteiger partial charge on any atom is -0.481 e. The average Bonchev–Trinajstić information content (AvgIpc) is 3.15. The van der Waals surface area contributed by atoms with Gasteiger partial charge < -0.3 is 15.0 Å². The van der Waals surface area contributed by atoms with Crippen molar-refractivity contribution in [1.29, 1.82) is 0 Å². The molecule has 0 saturated heterocycles. The molecule has 0 saturated carbocycles. The second kappa shape index (κ2) is 8.09. The summed E-state index contributed by atoms with van der Waals surface area (Å²) in [4.78, 5) is 26.5. The molecule has 0 fully saturated rings. The van der Waals surface area contributed by atoms with Crippen molar-refractivity contribution in [3.63, 3.8) is 0 Å². The van der Waals surface area contributed by atoms with Crippen LogP contribution in [0.2, 0.25) is 0 Å². The van der Waals surface area contributed by atoms with Crippen molar-refractivity contribution in [2.45, 2.75) is 5.16 Å². The number of carboxylic acids is 1. The van der Waals surface area contributed by atoms with Gasteiger partial charge in [0.05, 0.1) is 10.7 Å². The number of rotatable bonds is 7. The average molecular weight is 399 g/mol. The zero-order valence-corrected chi connectivity index (χ0v) is 15.9. The first-order valence-corrected chi connectivity index (χ1v) is 9.17. The van der Waals surface area contributed by atoms with Crippen molar-refractivity contribution >= 4 is 29.1 Å². The van der Waals surface area contributed by atoms with Crippen molar-refractivity contribution in [1.82, 2.24) is 15.2 Å². The highest BCUT2D eigenvalue weighted by Crippen LogP contribution is 2.32. The van der Waals surface area contributed by atoms with Crippen LogP contribution in [0, 0.1) is 10.1 Å². The Morgan fingerprint density at radius 2 is 1.93 bits per heavy atom. The fourth-order valence-electron chi connectivity index (χ4n) is 2.56. The zero-order chi connectivity index (χ0) is 20.3. The van der Waals surface area contributed by atoms with Gasteiger partial charge in [0.2, 0.25) is 0 Å². The summed E-state index contributed by atoms with van der Waals surface area (Å²) in [5.74, 6) is -0.797. The van der Waals surface area contributed by atoms with Gasteiger partial charge in [0, 0.05) is 37.5 Å². The van der Waals surface area contributed by atoms with E-state index >= 15 is 0 Å². The molecule has 0 radical (unpaired) electrons. The topological polar surface area (TPSA) is 125 Å². The van der Waals surface area contributed by atoms with Gasteiger partial charge in [-0.05, 0) is 29.3 Å². The van der Waals surface area contributed by atoms with Crippen LogP contribution in [0.1, 0.15) is 0 Å². The number of aliphatic carboxylic acids is 1. The molecule has 3 aromatic rings. The number of nitro groups is 1. The molecule has 0 aliphatic carbocycles. The monoisotopic (exact) mass is 399 g/mol. The molecule has 1 heterocycles. The summed E-state index contributed by atoms with van der Waals surface area (Å²) in [6.07, 6.45) is 0. The lowest BCUT2D eigenvalue weighted by Gasteiger charge is -2.14. The van der Waals surface area contributed by atoms with Crippen LogP contribution in [0.5, 0.6) is 0 Å². The highest BCUT2D eigenvalue weighted by Gasteiger charge is 2.15. The first kappa shape index (κ1) is 19.4. The molecule has 0 atom stereocenters. The van der Waals surface area contributed by atoms with Gasteiger partial charge >= 0.3 is 5.97 Å². The summed E-state index contributed by atoms with van der Waals surface area (Å²) < 4.78 is 0. The van der Waals surface area contributed by atoms with E-state index in [4.69, 9.17) is 5.11 Å². The molecular weight excluding hydrogens is 382 g/mol. The number of anilines is 1. The summed E-state index contributed by atoms with van der Waals surface area (Å²) >= 11 is 0.992. The van der Waals surface area contributed by atoms with Crippen LogP contribution < -0.4 is 4.90 Å². The molecule has 2 N–H and O–H groups in total. The van der Waals surface area contributed by atoms with Crippen molar-refractivity contribution in [3.8, 4) is 22.5 Å². The van der Waals surface area contributed by atoms with Crippen LogP contribution in [0.25, 0.3) is 22.5 Å². The van der Waals surface area contributed by atoms with Crippen LogP contribution in [0.4, 0.5) is 11.4 Å². The van der Waals surface area contributed by atoms with Gasteiger partial charge in [-0.3, -0.25) is 14.9 Å². The Morgan fingerprint density at radius 1 is 1.18 bits per heavy atom. The number of nitro benzene ring substituents is 1. The highest BCUT2D eigenvalue weighted by molar-refractivity contribution is 7.99. The van der Waals surface area contributed by atoms with Gasteiger partial charge in [-0.15, -0.1) is 10.2 Å². The Hall–Kier alpha value is -3.40. The number of carboxylic acid groups (broad SMARTS) is 1. The number of H-pyrrole nitrogens is 1. The Labute approximate surface area is 164 Å². The maximum atomic E-state index is 11.4. The number of carbonyl (C=O) groups is 1. The molecule has 0 aliphatic rings. The summed E-state index contributed by atoms with van der Waals surface area (Å²) in [5, 5.41) is 28.4. The van der Waals surface area contributed by atoms with E-state index in [1.165, 1.54) is 12.1 Å². The fraction of sp³-hybridized carbons (Fsp3) is 0.167. The Kier molecular flexibility index (Phi) is 5.59. The molecule has 3 rings (SSSR count). The van der Waals surface area contributed by atoms with Gasteiger partial charge in [0.1, 0.15) is 0 Å². The zero-order valence-electron chi connectivity index (χ0n) is 15.1. The van der Waals surface area contributed by atoms with E-state index in [0.29, 0.717) is 22.1 Å². The third kappa shape index (κ3) is 4.46. The number of hydrogen-bond donors (Lipinski definition) is 2. The second-order valence-electron chi connectivity index (χ2n) is 6.13. The van der Waals surface area contributed by atoms with E-state index < -0.39 is 10.9 Å². The first-order chi connectivity index (χ1) is 13.3. The Balaban J connectivity index is 2.02. The van der Waals surface area contributed by atoms with Crippen LogP contribution in [-0.2, 0) is 4.79 Å². The maximum Gasteiger partial charge on any atom is 0.313 e. The molecule has 0 amide bonds. The molecule has 0 spiro atoms. The lowest BCUT2D eigenvalue weighted by molar-refractivity contribution is -0.384. The van der Waals surface area contributed by atoms with E-state index in [1.54, 1.807) is 6.07 Å². The molecule has 144 valence electrons. The predicted molar refractivity (Wildman–Crippen MR) is 107 cm³/mol. The van der Waals surface area contributed by atoms with Gasteiger partial charge in [-0.2, -0.15) is 0 Å². The van der Waals surface area contributed by atoms with Crippen LogP contribution in [0.3, 0.4) is 0 Å². The minimum atomic E-state index is -0.971. The summed E-state index contributed by atoms with van der Waals surface area (Å²) in [7, 11) is 3.84. The molecule has 0 aliphatic heterocycles. The van der Waals surface area contributed by atoms with E-state index in [-0.39, 0.29) is 11.4 Å². The van der Waals surface area contributed by atoms with Gasteiger partial charge in [-0.25, -0.2) is 0 Å². The first-order valence-electron chi connectivity index (χ1n) is 8.18. The van der Waals surface area contributed by atoms with Gasteiger partial charge in [-0.1, -0.05) is 23.9 Å². The number of aromatic nitrogens is 3. The number of nitrogens with zero attached hydrogens (tertiary/aromatic N) is 4. The maximum absolute atomic E-state index is 11.4. The summed E-state index contributed by atoms with van der Waals surface area (Å²) in [6, 6.07) is 12.4. The Bertz CT molecular complexity index is 1030. The number of nitrogens with one attached hydrogen (secondary N) is 1. The van der Waals surface area contributed by atoms with Crippen LogP contribution in [-0.4, -0.2) is 51.0 Å². The largest absolute Gasteiger partial charge is 0.481 e. The summed E-state index contributed by atoms with van der Waals surface area (Å²) in [5.41, 5.74) is 2.89. The van der Waals surface area contributed by atoms with Crippen molar-refractivity contribution in [2.75, 3.05) is 24.7 Å². The lowest BCUT2D eigenvalue weighted by Crippen LogP contribution is -2.08. The van der Waals surface area contributed by atoms with Crippen molar-refractivity contribution < 1.29 is 14.8 Å². The highest BCUT2D eigenvalue weighted by atomic mass is 32.2. The van der Waals surface area contributed by atoms with Gasteiger partial charge in [0.25, 0.3) is 5.69 Å². The molecular formula is C18H17N5O4S. The van der Waals surface area contributed by atoms with Crippen molar-refractivity contribution in [3.05, 3.63) is 52.6 Å². The Morgan fingerprint density at radius 3 is 2.61 bits per heavy atom. The fourth-order valence-corrected chi connectivity index (χ4v) is 3.08. The predicted octanol–water partition coefficient (Wildman–Crippen LogP) is 3.29. The number of benzene rings is 2. The van der Waals surface area contributed by atoms with Gasteiger partial charge in [0.15, 0.2) is 11.0 Å². The van der Waals surface area contributed by atoms with Crippen molar-refractivity contribution in [2.24, 2.45) is 0 Å². The summed E-state index contributed by atoms with van der Waals surface area (Å²) in [6.45, 7) is 0. The molecule has 28 heavy (non-hydrogen) atoms. The molecule has 0 bridgehead atoms.